The molecule has 6 heteroatoms. The highest BCUT2D eigenvalue weighted by molar-refractivity contribution is 7.89. The summed E-state index contributed by atoms with van der Waals surface area (Å²) in [4.78, 5) is 0. The first-order valence-corrected chi connectivity index (χ1v) is 8.45. The molecule has 1 heterocycles. The monoisotopic (exact) mass is 298 g/mol. The molecule has 112 valence electrons. The summed E-state index contributed by atoms with van der Waals surface area (Å²) in [7, 11) is -3.36. The van der Waals surface area contributed by atoms with E-state index in [4.69, 9.17) is 10.5 Å². The number of hydrogen-bond donors (Lipinski definition) is 1. The number of ether oxygens (including phenoxy) is 1. The molecule has 0 aliphatic carbocycles. The van der Waals surface area contributed by atoms with Crippen LogP contribution in [0.3, 0.4) is 0 Å². The van der Waals surface area contributed by atoms with Crippen molar-refractivity contribution in [2.75, 3.05) is 26.3 Å². The van der Waals surface area contributed by atoms with E-state index in [1.54, 1.807) is 0 Å². The fraction of sp³-hybridized carbons (Fsp3) is 0.571. The molecule has 2 rings (SSSR count). The molecule has 1 unspecified atom stereocenters. The van der Waals surface area contributed by atoms with Crippen LogP contribution >= 0.6 is 0 Å². The minimum Gasteiger partial charge on any atom is -0.380 e. The maximum atomic E-state index is 12.7. The van der Waals surface area contributed by atoms with E-state index in [1.165, 1.54) is 4.31 Å². The molecule has 20 heavy (non-hydrogen) atoms. The molecule has 0 bridgehead atoms. The Morgan fingerprint density at radius 1 is 1.30 bits per heavy atom. The van der Waals surface area contributed by atoms with E-state index in [1.807, 2.05) is 30.3 Å². The normalized spacial score (nSPS) is 20.2. The third-order valence-corrected chi connectivity index (χ3v) is 5.73. The van der Waals surface area contributed by atoms with Crippen LogP contribution in [0.5, 0.6) is 0 Å². The molecule has 5 nitrogen and oxygen atoms in total. The zero-order chi connectivity index (χ0) is 14.4. The third-order valence-electron chi connectivity index (χ3n) is 3.48. The van der Waals surface area contributed by atoms with Crippen LogP contribution in [0.4, 0.5) is 0 Å². The number of nitrogens with zero attached hydrogens (tertiary/aromatic N) is 1. The summed E-state index contributed by atoms with van der Waals surface area (Å²) in [5, 5.41) is -0.438. The molecule has 1 atom stereocenters. The van der Waals surface area contributed by atoms with Crippen molar-refractivity contribution >= 4 is 10.0 Å². The fourth-order valence-electron chi connectivity index (χ4n) is 2.38. The molecule has 0 spiro atoms. The Morgan fingerprint density at radius 3 is 2.65 bits per heavy atom. The Bertz CT molecular complexity index is 498. The summed E-state index contributed by atoms with van der Waals surface area (Å²) < 4.78 is 32.1. The van der Waals surface area contributed by atoms with Gasteiger partial charge in [0.1, 0.15) is 0 Å². The highest BCUT2D eigenvalue weighted by Gasteiger charge is 2.33. The largest absolute Gasteiger partial charge is 0.380 e. The molecular formula is C14H22N2O3S. The zero-order valence-corrected chi connectivity index (χ0v) is 12.4. The Hall–Kier alpha value is -0.950. The van der Waals surface area contributed by atoms with Crippen LogP contribution in [0.1, 0.15) is 18.4 Å². The van der Waals surface area contributed by atoms with E-state index < -0.39 is 15.3 Å². The maximum absolute atomic E-state index is 12.7. The summed E-state index contributed by atoms with van der Waals surface area (Å²) in [5.41, 5.74) is 6.55. The topological polar surface area (TPSA) is 72.6 Å². The molecule has 0 radical (unpaired) electrons. The molecule has 1 aromatic carbocycles. The van der Waals surface area contributed by atoms with Gasteiger partial charge < -0.3 is 10.5 Å². The van der Waals surface area contributed by atoms with Gasteiger partial charge in [-0.2, -0.15) is 4.31 Å². The first-order chi connectivity index (χ1) is 9.64. The lowest BCUT2D eigenvalue weighted by Crippen LogP contribution is -2.44. The predicted octanol–water partition coefficient (Wildman–Crippen LogP) is 0.956. The van der Waals surface area contributed by atoms with Crippen molar-refractivity contribution in [2.45, 2.75) is 24.6 Å². The molecule has 0 amide bonds. The maximum Gasteiger partial charge on any atom is 0.219 e. The number of benzene rings is 1. The van der Waals surface area contributed by atoms with Gasteiger partial charge in [-0.3, -0.25) is 0 Å². The van der Waals surface area contributed by atoms with Crippen molar-refractivity contribution in [1.29, 1.82) is 0 Å². The van der Waals surface area contributed by atoms with Crippen LogP contribution in [0, 0.1) is 0 Å². The summed E-state index contributed by atoms with van der Waals surface area (Å²) >= 11 is 0. The molecule has 1 saturated heterocycles. The van der Waals surface area contributed by atoms with Crippen LogP contribution in [-0.2, 0) is 21.3 Å². The van der Waals surface area contributed by atoms with Crippen molar-refractivity contribution < 1.29 is 13.2 Å². The minimum atomic E-state index is -3.36. The zero-order valence-electron chi connectivity index (χ0n) is 11.6. The first-order valence-electron chi connectivity index (χ1n) is 6.95. The van der Waals surface area contributed by atoms with Crippen molar-refractivity contribution in [3.05, 3.63) is 35.9 Å². The molecule has 0 saturated carbocycles. The predicted molar refractivity (Wildman–Crippen MR) is 78.7 cm³/mol. The van der Waals surface area contributed by atoms with E-state index in [9.17, 15) is 8.42 Å². The van der Waals surface area contributed by atoms with Gasteiger partial charge in [-0.25, -0.2) is 8.42 Å². The minimum absolute atomic E-state index is 0.290. The Kier molecular flexibility index (Phi) is 5.54. The lowest BCUT2D eigenvalue weighted by Gasteiger charge is -2.29. The standard InChI is InChI=1S/C14H22N2O3S/c15-8-9-16(11-13-5-2-1-3-6-13)20(17,18)14-7-4-10-19-12-14/h1-3,5-6,14H,4,7-12,15H2. The van der Waals surface area contributed by atoms with E-state index in [2.05, 4.69) is 0 Å². The second kappa shape index (κ2) is 7.17. The van der Waals surface area contributed by atoms with Gasteiger partial charge in [0.05, 0.1) is 11.9 Å². The van der Waals surface area contributed by atoms with E-state index in [0.717, 1.165) is 12.0 Å². The van der Waals surface area contributed by atoms with Crippen molar-refractivity contribution in [3.63, 3.8) is 0 Å². The van der Waals surface area contributed by atoms with Gasteiger partial charge in [-0.1, -0.05) is 30.3 Å². The first kappa shape index (κ1) is 15.4. The van der Waals surface area contributed by atoms with Gasteiger partial charge in [0.15, 0.2) is 0 Å². The number of rotatable bonds is 6. The van der Waals surface area contributed by atoms with E-state index in [0.29, 0.717) is 32.7 Å². The summed E-state index contributed by atoms with van der Waals surface area (Å²) in [5.74, 6) is 0. The van der Waals surface area contributed by atoms with Crippen LogP contribution < -0.4 is 5.73 Å². The van der Waals surface area contributed by atoms with Gasteiger partial charge in [0, 0.05) is 26.2 Å². The van der Waals surface area contributed by atoms with Gasteiger partial charge in [0.2, 0.25) is 10.0 Å². The average Bonchev–Trinajstić information content (AvgIpc) is 2.49. The van der Waals surface area contributed by atoms with Crippen LogP contribution in [0.2, 0.25) is 0 Å². The molecule has 1 aliphatic heterocycles. The number of hydrogen-bond acceptors (Lipinski definition) is 4. The highest BCUT2D eigenvalue weighted by atomic mass is 32.2. The second-order valence-corrected chi connectivity index (χ2v) is 7.20. The molecule has 1 aliphatic rings. The third kappa shape index (κ3) is 3.79. The second-order valence-electron chi connectivity index (χ2n) is 4.99. The van der Waals surface area contributed by atoms with Gasteiger partial charge in [-0.05, 0) is 18.4 Å². The van der Waals surface area contributed by atoms with Gasteiger partial charge >= 0.3 is 0 Å². The fourth-order valence-corrected chi connectivity index (χ4v) is 4.23. The SMILES string of the molecule is NCCN(Cc1ccccc1)S(=O)(=O)C1CCCOC1. The van der Waals surface area contributed by atoms with Crippen LogP contribution in [0.15, 0.2) is 30.3 Å². The van der Waals surface area contributed by atoms with E-state index in [-0.39, 0.29) is 6.61 Å². The summed E-state index contributed by atoms with van der Waals surface area (Å²) in [6.45, 7) is 1.98. The average molecular weight is 298 g/mol. The van der Waals surface area contributed by atoms with Gasteiger partial charge in [-0.15, -0.1) is 0 Å². The van der Waals surface area contributed by atoms with Crippen molar-refractivity contribution in [3.8, 4) is 0 Å². The Balaban J connectivity index is 2.14. The van der Waals surface area contributed by atoms with Gasteiger partial charge in [0.25, 0.3) is 0 Å². The Labute approximate surface area is 120 Å². The molecule has 1 fully saturated rings. The van der Waals surface area contributed by atoms with Crippen LogP contribution in [0.25, 0.3) is 0 Å². The lowest BCUT2D eigenvalue weighted by atomic mass is 10.2. The molecule has 1 aromatic rings. The highest BCUT2D eigenvalue weighted by Crippen LogP contribution is 2.20. The van der Waals surface area contributed by atoms with Crippen molar-refractivity contribution in [1.82, 2.24) is 4.31 Å². The number of sulfonamides is 1. The molecule has 2 N–H and O–H groups in total. The lowest BCUT2D eigenvalue weighted by molar-refractivity contribution is 0.0974. The Morgan fingerprint density at radius 2 is 2.05 bits per heavy atom. The smallest absolute Gasteiger partial charge is 0.219 e. The molecular weight excluding hydrogens is 276 g/mol. The van der Waals surface area contributed by atoms with E-state index >= 15 is 0 Å². The van der Waals surface area contributed by atoms with Crippen molar-refractivity contribution in [2.24, 2.45) is 5.73 Å². The number of nitrogens with two attached hydrogens (primary N) is 1. The summed E-state index contributed by atoms with van der Waals surface area (Å²) in [6, 6.07) is 9.59. The van der Waals surface area contributed by atoms with Crippen LogP contribution in [-0.4, -0.2) is 44.3 Å². The molecule has 0 aromatic heterocycles. The quantitative estimate of drug-likeness (QED) is 0.849. The summed E-state index contributed by atoms with van der Waals surface area (Å²) in [6.07, 6.45) is 1.46.